The average Bonchev–Trinajstić information content (AvgIpc) is 3.24. The Kier molecular flexibility index (Phi) is 4.64. The zero-order valence-electron chi connectivity index (χ0n) is 16.5. The second kappa shape index (κ2) is 7.00. The second-order valence-electron chi connectivity index (χ2n) is 7.97. The van der Waals surface area contributed by atoms with E-state index in [0.717, 1.165) is 11.4 Å². The highest BCUT2D eigenvalue weighted by Crippen LogP contribution is 2.26. The van der Waals surface area contributed by atoms with Crippen molar-refractivity contribution in [3.8, 4) is 0 Å². The van der Waals surface area contributed by atoms with Gasteiger partial charge in [0.15, 0.2) is 11.4 Å². The van der Waals surface area contributed by atoms with Crippen LogP contribution in [0, 0.1) is 25.7 Å². The molecule has 8 nitrogen and oxygen atoms in total. The van der Waals surface area contributed by atoms with Crippen LogP contribution < -0.4 is 0 Å². The number of fused-ring (bicyclic) bond motifs is 1. The van der Waals surface area contributed by atoms with Gasteiger partial charge in [0.1, 0.15) is 0 Å². The summed E-state index contributed by atoms with van der Waals surface area (Å²) in [6.45, 7) is 5.44. The highest BCUT2D eigenvalue weighted by molar-refractivity contribution is 6.03. The highest BCUT2D eigenvalue weighted by atomic mass is 16.2. The highest BCUT2D eigenvalue weighted by Gasteiger charge is 2.37. The van der Waals surface area contributed by atoms with E-state index in [0.29, 0.717) is 50.1 Å². The molecule has 2 amide bonds. The zero-order valence-corrected chi connectivity index (χ0v) is 16.5. The summed E-state index contributed by atoms with van der Waals surface area (Å²) in [6.07, 6.45) is 3.15. The number of ketones is 1. The number of carbonyl (C=O) groups excluding carboxylic acids is 3. The van der Waals surface area contributed by atoms with E-state index in [9.17, 15) is 14.4 Å². The van der Waals surface area contributed by atoms with Crippen molar-refractivity contribution in [1.82, 2.24) is 24.4 Å². The molecule has 0 spiro atoms. The van der Waals surface area contributed by atoms with E-state index in [-0.39, 0.29) is 29.4 Å². The molecule has 0 radical (unpaired) electrons. The van der Waals surface area contributed by atoms with Crippen molar-refractivity contribution in [1.29, 1.82) is 0 Å². The molecule has 4 heterocycles. The Morgan fingerprint density at radius 1 is 1.14 bits per heavy atom. The summed E-state index contributed by atoms with van der Waals surface area (Å²) >= 11 is 0. The van der Waals surface area contributed by atoms with Crippen molar-refractivity contribution in [2.75, 3.05) is 26.7 Å². The Labute approximate surface area is 163 Å². The minimum atomic E-state index is -0.250. The smallest absolute Gasteiger partial charge is 0.227 e. The Balaban J connectivity index is 1.43. The van der Waals surface area contributed by atoms with Gasteiger partial charge in [-0.3, -0.25) is 14.4 Å². The van der Waals surface area contributed by atoms with Gasteiger partial charge in [-0.1, -0.05) is 0 Å². The third kappa shape index (κ3) is 3.16. The zero-order chi connectivity index (χ0) is 20.0. The van der Waals surface area contributed by atoms with Gasteiger partial charge in [0.2, 0.25) is 11.8 Å². The topological polar surface area (TPSA) is 87.9 Å². The number of piperidine rings is 1. The fourth-order valence-electron chi connectivity index (χ4n) is 4.31. The molecule has 0 unspecified atom stereocenters. The number of aromatic nitrogens is 3. The first-order valence-electron chi connectivity index (χ1n) is 9.74. The Morgan fingerprint density at radius 3 is 2.50 bits per heavy atom. The fraction of sp³-hybridized carbons (Fsp3) is 0.550. The minimum Gasteiger partial charge on any atom is -0.345 e. The Morgan fingerprint density at radius 2 is 1.86 bits per heavy atom. The van der Waals surface area contributed by atoms with Crippen LogP contribution in [0.2, 0.25) is 0 Å². The van der Waals surface area contributed by atoms with E-state index in [4.69, 9.17) is 0 Å². The molecule has 2 aromatic rings. The molecule has 0 saturated carbocycles. The summed E-state index contributed by atoms with van der Waals surface area (Å²) < 4.78 is 1.70. The summed E-state index contributed by atoms with van der Waals surface area (Å²) in [5, 5.41) is 4.32. The monoisotopic (exact) mass is 383 g/mol. The lowest BCUT2D eigenvalue weighted by Crippen LogP contribution is -2.43. The molecule has 2 aromatic heterocycles. The molecule has 4 rings (SSSR count). The number of nitrogens with zero attached hydrogens (tertiary/aromatic N) is 5. The minimum absolute atomic E-state index is 0.0228. The van der Waals surface area contributed by atoms with E-state index in [1.165, 1.54) is 0 Å². The molecule has 0 bridgehead atoms. The molecule has 0 N–H and O–H groups in total. The van der Waals surface area contributed by atoms with Crippen LogP contribution in [0.15, 0.2) is 12.3 Å². The number of aryl methyl sites for hydroxylation is 2. The summed E-state index contributed by atoms with van der Waals surface area (Å²) in [7, 11) is 1.73. The van der Waals surface area contributed by atoms with Crippen LogP contribution in [-0.4, -0.2) is 68.7 Å². The molecule has 2 aliphatic heterocycles. The molecular weight excluding hydrogens is 358 g/mol. The van der Waals surface area contributed by atoms with Crippen LogP contribution in [0.25, 0.3) is 5.65 Å². The van der Waals surface area contributed by atoms with Gasteiger partial charge >= 0.3 is 0 Å². The first kappa shape index (κ1) is 18.6. The molecule has 2 saturated heterocycles. The number of rotatable bonds is 3. The van der Waals surface area contributed by atoms with Crippen LogP contribution >= 0.6 is 0 Å². The number of hydrogen-bond donors (Lipinski definition) is 0. The Bertz CT molecular complexity index is 958. The fourth-order valence-corrected chi connectivity index (χ4v) is 4.31. The van der Waals surface area contributed by atoms with E-state index in [1.807, 2.05) is 24.8 Å². The molecule has 0 aromatic carbocycles. The maximum absolute atomic E-state index is 13.1. The van der Waals surface area contributed by atoms with Gasteiger partial charge in [0.05, 0.1) is 17.7 Å². The lowest BCUT2D eigenvalue weighted by molar-refractivity contribution is -0.137. The van der Waals surface area contributed by atoms with E-state index < -0.39 is 0 Å². The maximum atomic E-state index is 13.1. The largest absolute Gasteiger partial charge is 0.345 e. The quantitative estimate of drug-likeness (QED) is 0.745. The number of hydrogen-bond acceptors (Lipinski definition) is 5. The molecule has 8 heteroatoms. The van der Waals surface area contributed by atoms with E-state index >= 15 is 0 Å². The number of amides is 2. The van der Waals surface area contributed by atoms with Gasteiger partial charge in [-0.2, -0.15) is 5.10 Å². The summed E-state index contributed by atoms with van der Waals surface area (Å²) in [4.78, 5) is 45.4. The van der Waals surface area contributed by atoms with Crippen molar-refractivity contribution < 1.29 is 14.4 Å². The molecule has 148 valence electrons. The van der Waals surface area contributed by atoms with Crippen molar-refractivity contribution in [3.05, 3.63) is 29.2 Å². The van der Waals surface area contributed by atoms with Gasteiger partial charge in [-0.15, -0.1) is 0 Å². The van der Waals surface area contributed by atoms with Gasteiger partial charge < -0.3 is 9.80 Å². The average molecular weight is 383 g/mol. The molecule has 0 aliphatic carbocycles. The second-order valence-corrected chi connectivity index (χ2v) is 7.97. The predicted octanol–water partition coefficient (Wildman–Crippen LogP) is 1.25. The molecule has 28 heavy (non-hydrogen) atoms. The molecular formula is C20H25N5O3. The summed E-state index contributed by atoms with van der Waals surface area (Å²) in [5.41, 5.74) is 2.96. The number of carbonyl (C=O) groups is 3. The Hall–Kier alpha value is -2.77. The van der Waals surface area contributed by atoms with Gasteiger partial charge in [-0.25, -0.2) is 9.50 Å². The number of likely N-dealkylation sites (tertiary alicyclic amines) is 2. The van der Waals surface area contributed by atoms with Crippen molar-refractivity contribution in [3.63, 3.8) is 0 Å². The first-order chi connectivity index (χ1) is 13.3. The van der Waals surface area contributed by atoms with Gasteiger partial charge in [0.25, 0.3) is 0 Å². The summed E-state index contributed by atoms with van der Waals surface area (Å²) in [6, 6.07) is 1.93. The van der Waals surface area contributed by atoms with Crippen LogP contribution in [-0.2, 0) is 9.59 Å². The van der Waals surface area contributed by atoms with Crippen LogP contribution in [0.3, 0.4) is 0 Å². The molecule has 2 aliphatic rings. The predicted molar refractivity (Wildman–Crippen MR) is 102 cm³/mol. The van der Waals surface area contributed by atoms with Crippen LogP contribution in [0.5, 0.6) is 0 Å². The molecule has 2 fully saturated rings. The lowest BCUT2D eigenvalue weighted by Gasteiger charge is -2.32. The SMILES string of the molecule is Cc1cc(C)n2ncc(C(=O)C3CCN(C(=O)[C@H]4CC(=O)N(C)C4)CC3)c2n1. The third-order valence-electron chi connectivity index (χ3n) is 5.91. The normalized spacial score (nSPS) is 21.0. The first-order valence-corrected chi connectivity index (χ1v) is 9.74. The third-order valence-corrected chi connectivity index (χ3v) is 5.91. The van der Waals surface area contributed by atoms with Crippen molar-refractivity contribution >= 4 is 23.2 Å². The van der Waals surface area contributed by atoms with E-state index in [2.05, 4.69) is 10.1 Å². The van der Waals surface area contributed by atoms with Crippen molar-refractivity contribution in [2.45, 2.75) is 33.1 Å². The summed E-state index contributed by atoms with van der Waals surface area (Å²) in [5.74, 6) is -0.274. The molecule has 1 atom stereocenters. The maximum Gasteiger partial charge on any atom is 0.227 e. The number of Topliss-reactive ketones (excluding diaryl/α,β-unsaturated/α-hetero) is 1. The van der Waals surface area contributed by atoms with Gasteiger partial charge in [-0.05, 0) is 32.8 Å². The van der Waals surface area contributed by atoms with E-state index in [1.54, 1.807) is 22.7 Å². The standard InChI is InChI=1S/C20H25N5O3/c1-12-8-13(2)25-19(22-12)16(10-21-25)18(27)14-4-6-24(7-5-14)20(28)15-9-17(26)23(3)11-15/h8,10,14-15H,4-7,9,11H2,1-3H3/t15-/m0/s1. The van der Waals surface area contributed by atoms with Crippen LogP contribution in [0.4, 0.5) is 0 Å². The van der Waals surface area contributed by atoms with Gasteiger partial charge in [0, 0.05) is 50.4 Å². The lowest BCUT2D eigenvalue weighted by atomic mass is 9.89. The van der Waals surface area contributed by atoms with Crippen LogP contribution in [0.1, 0.15) is 41.0 Å². The van der Waals surface area contributed by atoms with Crippen molar-refractivity contribution in [2.24, 2.45) is 11.8 Å².